The number of rotatable bonds is 9. The minimum Gasteiger partial charge on any atom is -0.394 e. The predicted molar refractivity (Wildman–Crippen MR) is 181 cm³/mol. The molecule has 4 aliphatic rings. The van der Waals surface area contributed by atoms with Crippen LogP contribution in [0, 0.1) is 0 Å². The molecule has 0 aromatic rings. The third-order valence-electron chi connectivity index (χ3n) is 8.37. The summed E-state index contributed by atoms with van der Waals surface area (Å²) in [6.45, 7) is -0.967. The fraction of sp³-hybridized carbons (Fsp3) is 1.00. The highest BCUT2D eigenvalue weighted by molar-refractivity contribution is 7.80. The summed E-state index contributed by atoms with van der Waals surface area (Å²) in [6, 6.07) is -4.18. The third-order valence-corrected chi connectivity index (χ3v) is 8.37. The molecule has 4 rings (SSSR count). The van der Waals surface area contributed by atoms with Gasteiger partial charge in [0.2, 0.25) is 0 Å². The number of aliphatic hydroxyl groups excluding tert-OH is 7. The van der Waals surface area contributed by atoms with Gasteiger partial charge in [-0.1, -0.05) is 0 Å². The van der Waals surface area contributed by atoms with Crippen molar-refractivity contribution in [3.8, 4) is 0 Å². The maximum absolute atomic E-state index is 11.1. The maximum Gasteiger partial charge on any atom is 0.394 e. The lowest BCUT2D eigenvalue weighted by Crippen LogP contribution is -2.68. The standard InChI is InChI=1S/C23H46N6O13.3H2O4S/c24-2-7-13(32)15(34)10(28)21(37-7)40-18-6(27)1-5(26)12(31)20(18)42-23-17(36)19(9(4-30)39-23)41-22-11(29)16(35)14(33)8(3-25)38-22;3*1-5(2,3)4/h5-23,30-36H,1-4,24-29H2;3*(H2,1,2,3,4)/t5-,6+,7-,8+,9-,10-,11-,12+,13-,14-,15-,16-,17-,18-,19-,20-,21?,22-,23?;;;/m1.../s1. The van der Waals surface area contributed by atoms with Gasteiger partial charge >= 0.3 is 31.2 Å². The summed E-state index contributed by atoms with van der Waals surface area (Å²) in [5.74, 6) is 0. The molecule has 0 aromatic heterocycles. The molecule has 31 nitrogen and oxygen atoms in total. The van der Waals surface area contributed by atoms with Crippen LogP contribution in [0.2, 0.25) is 0 Å². The van der Waals surface area contributed by atoms with Crippen molar-refractivity contribution >= 4 is 31.2 Å². The molecule has 3 aliphatic heterocycles. The van der Waals surface area contributed by atoms with Gasteiger partial charge in [-0.3, -0.25) is 27.3 Å². The summed E-state index contributed by atoms with van der Waals surface area (Å²) in [7, 11) is -14.0. The van der Waals surface area contributed by atoms with Crippen LogP contribution in [0.4, 0.5) is 0 Å². The van der Waals surface area contributed by atoms with Gasteiger partial charge in [0, 0.05) is 25.2 Å². The quantitative estimate of drug-likeness (QED) is 0.0955. The normalized spacial score (nSPS) is 42.7. The van der Waals surface area contributed by atoms with Crippen molar-refractivity contribution in [2.75, 3.05) is 19.7 Å². The number of nitrogens with two attached hydrogens (primary N) is 6. The first-order chi connectivity index (χ1) is 25.8. The average molecular weight is 909 g/mol. The van der Waals surface area contributed by atoms with E-state index in [1.54, 1.807) is 0 Å². The van der Waals surface area contributed by atoms with E-state index in [9.17, 15) is 35.7 Å². The van der Waals surface area contributed by atoms with E-state index in [1.165, 1.54) is 0 Å². The lowest BCUT2D eigenvalue weighted by molar-refractivity contribution is -0.306. The summed E-state index contributed by atoms with van der Waals surface area (Å²) >= 11 is 0. The molecule has 25 N–H and O–H groups in total. The van der Waals surface area contributed by atoms with E-state index in [0.717, 1.165) is 0 Å². The zero-order chi connectivity index (χ0) is 44.5. The summed E-state index contributed by atoms with van der Waals surface area (Å²) in [4.78, 5) is 0. The van der Waals surface area contributed by atoms with E-state index in [4.69, 9.17) is 115 Å². The van der Waals surface area contributed by atoms with Crippen LogP contribution in [0.1, 0.15) is 6.42 Å². The van der Waals surface area contributed by atoms with Gasteiger partial charge in [-0.15, -0.1) is 0 Å². The van der Waals surface area contributed by atoms with E-state index in [1.807, 2.05) is 0 Å². The molecule has 4 fully saturated rings. The zero-order valence-corrected chi connectivity index (χ0v) is 31.6. The van der Waals surface area contributed by atoms with Crippen LogP contribution in [-0.4, -0.2) is 224 Å². The Bertz CT molecular complexity index is 1440. The second kappa shape index (κ2) is 22.6. The predicted octanol–water partition coefficient (Wildman–Crippen LogP) is -10.9. The number of ether oxygens (including phenoxy) is 6. The Morgan fingerprint density at radius 3 is 1.16 bits per heavy atom. The Hall–Kier alpha value is -1.15. The summed E-state index contributed by atoms with van der Waals surface area (Å²) in [5, 5.41) is 73.0. The molecular weight excluding hydrogens is 856 g/mol. The topological polar surface area (TPSA) is 577 Å². The first kappa shape index (κ1) is 53.9. The maximum atomic E-state index is 11.1. The molecule has 0 aromatic carbocycles. The van der Waals surface area contributed by atoms with E-state index < -0.39 is 154 Å². The molecule has 342 valence electrons. The van der Waals surface area contributed by atoms with Gasteiger partial charge < -0.3 is 98.6 Å². The zero-order valence-electron chi connectivity index (χ0n) is 29.2. The van der Waals surface area contributed by atoms with Crippen molar-refractivity contribution in [3.05, 3.63) is 0 Å². The van der Waals surface area contributed by atoms with Gasteiger partial charge in [0.05, 0.1) is 24.8 Å². The van der Waals surface area contributed by atoms with E-state index in [2.05, 4.69) is 0 Å². The molecular formula is C23H52N6O25S3. The largest absolute Gasteiger partial charge is 0.394 e. The van der Waals surface area contributed by atoms with Crippen LogP contribution in [0.5, 0.6) is 0 Å². The Kier molecular flexibility index (Phi) is 21.4. The van der Waals surface area contributed by atoms with Gasteiger partial charge in [0.25, 0.3) is 0 Å². The van der Waals surface area contributed by atoms with Crippen molar-refractivity contribution in [3.63, 3.8) is 0 Å². The fourth-order valence-electron chi connectivity index (χ4n) is 5.74. The Labute approximate surface area is 324 Å². The van der Waals surface area contributed by atoms with Crippen LogP contribution in [0.25, 0.3) is 0 Å². The Balaban J connectivity index is 0.000000921. The van der Waals surface area contributed by atoms with Crippen molar-refractivity contribution in [2.45, 2.75) is 123 Å². The highest BCUT2D eigenvalue weighted by atomic mass is 32.3. The van der Waals surface area contributed by atoms with Gasteiger partial charge in [0.1, 0.15) is 67.1 Å². The van der Waals surface area contributed by atoms with E-state index in [-0.39, 0.29) is 19.5 Å². The molecule has 3 saturated heterocycles. The Morgan fingerprint density at radius 2 is 0.807 bits per heavy atom. The lowest BCUT2D eigenvalue weighted by Gasteiger charge is -2.47. The van der Waals surface area contributed by atoms with Gasteiger partial charge in [-0.2, -0.15) is 25.3 Å². The van der Waals surface area contributed by atoms with Crippen LogP contribution in [0.15, 0.2) is 0 Å². The summed E-state index contributed by atoms with van der Waals surface area (Å²) < 4.78 is 129. The van der Waals surface area contributed by atoms with Crippen LogP contribution < -0.4 is 34.4 Å². The van der Waals surface area contributed by atoms with Crippen molar-refractivity contribution in [2.24, 2.45) is 34.4 Å². The van der Waals surface area contributed by atoms with Crippen molar-refractivity contribution in [1.82, 2.24) is 0 Å². The lowest BCUT2D eigenvalue weighted by atomic mass is 9.84. The minimum atomic E-state index is -4.67. The Morgan fingerprint density at radius 1 is 0.474 bits per heavy atom. The van der Waals surface area contributed by atoms with Crippen LogP contribution in [0.3, 0.4) is 0 Å². The summed E-state index contributed by atoms with van der Waals surface area (Å²) in [6.07, 6.45) is -19.8. The van der Waals surface area contributed by atoms with Crippen LogP contribution >= 0.6 is 0 Å². The number of hydrogen-bond acceptors (Lipinski definition) is 25. The minimum absolute atomic E-state index is 0.0889. The fourth-order valence-corrected chi connectivity index (χ4v) is 5.74. The first-order valence-corrected chi connectivity index (χ1v) is 20.2. The summed E-state index contributed by atoms with van der Waals surface area (Å²) in [5.41, 5.74) is 35.6. The highest BCUT2D eigenvalue weighted by Gasteiger charge is 2.54. The van der Waals surface area contributed by atoms with E-state index >= 15 is 0 Å². The number of hydrogen-bond donors (Lipinski definition) is 19. The van der Waals surface area contributed by atoms with Gasteiger partial charge in [-0.05, 0) is 6.42 Å². The van der Waals surface area contributed by atoms with Crippen molar-refractivity contribution < 1.29 is 117 Å². The molecule has 19 atom stereocenters. The molecule has 1 saturated carbocycles. The smallest absolute Gasteiger partial charge is 0.394 e. The molecule has 0 radical (unpaired) electrons. The van der Waals surface area contributed by atoms with Crippen LogP contribution in [-0.2, 0) is 59.6 Å². The first-order valence-electron chi connectivity index (χ1n) is 16.0. The molecule has 34 heteroatoms. The average Bonchev–Trinajstić information content (AvgIpc) is 3.36. The second-order valence-electron chi connectivity index (χ2n) is 12.6. The number of aliphatic hydroxyl groups is 7. The van der Waals surface area contributed by atoms with Crippen molar-refractivity contribution in [1.29, 1.82) is 0 Å². The second-order valence-corrected chi connectivity index (χ2v) is 15.3. The molecule has 0 bridgehead atoms. The molecule has 3 heterocycles. The molecule has 0 amide bonds. The molecule has 1 aliphatic carbocycles. The monoisotopic (exact) mass is 908 g/mol. The van der Waals surface area contributed by atoms with E-state index in [0.29, 0.717) is 0 Å². The highest BCUT2D eigenvalue weighted by Crippen LogP contribution is 2.34. The SMILES string of the molecule is NC[C@@H]1O[C@H](O[C@@H]2[C@@H](CO)OC(O[C@@H]3[C@@H](O)[C@H](N)C[C@H](N)[C@H]3OC3O[C@H](CN)[C@@H](O)[C@H](O)[C@H]3N)[C@@H]2O)[C@H](N)[C@@H](O)[C@@H]1O.O=S(=O)(O)O.O=S(=O)(O)O.O=S(=O)(O)O. The molecule has 2 unspecified atom stereocenters. The molecule has 57 heavy (non-hydrogen) atoms. The third kappa shape index (κ3) is 17.8. The van der Waals surface area contributed by atoms with Gasteiger partial charge in [-0.25, -0.2) is 0 Å². The van der Waals surface area contributed by atoms with Gasteiger partial charge in [0.15, 0.2) is 18.9 Å². The molecule has 0 spiro atoms.